The molecule has 0 amide bonds. The second-order valence-electron chi connectivity index (χ2n) is 6.90. The van der Waals surface area contributed by atoms with Gasteiger partial charge in [-0.1, -0.05) is 6.92 Å². The van der Waals surface area contributed by atoms with Crippen LogP contribution in [0.3, 0.4) is 0 Å². The van der Waals surface area contributed by atoms with Gasteiger partial charge >= 0.3 is 0 Å². The minimum atomic E-state index is 0.906. The van der Waals surface area contributed by atoms with Crippen LogP contribution in [0.5, 0.6) is 0 Å². The summed E-state index contributed by atoms with van der Waals surface area (Å²) in [5, 5.41) is 1.07. The van der Waals surface area contributed by atoms with Crippen LogP contribution >= 0.6 is 11.5 Å². The van der Waals surface area contributed by atoms with E-state index in [1.807, 2.05) is 6.92 Å². The fourth-order valence-electron chi connectivity index (χ4n) is 3.79. The molecule has 1 aliphatic heterocycles. The molecule has 6 nitrogen and oxygen atoms in total. The van der Waals surface area contributed by atoms with Gasteiger partial charge < -0.3 is 9.80 Å². The Morgan fingerprint density at radius 2 is 1.72 bits per heavy atom. The monoisotopic (exact) mass is 358 g/mol. The fraction of sp³-hybridized carbons (Fsp3) is 0.667. The van der Waals surface area contributed by atoms with Crippen molar-refractivity contribution in [1.29, 1.82) is 0 Å². The summed E-state index contributed by atoms with van der Waals surface area (Å²) in [5.74, 6) is 3.06. The summed E-state index contributed by atoms with van der Waals surface area (Å²) in [5.41, 5.74) is 2.68. The first-order valence-electron chi connectivity index (χ1n) is 9.43. The SMILES string of the molecule is CCc1nsc(N2CCCN(c3nc(C)nc4c3CCCC4)CC2)n1. The van der Waals surface area contributed by atoms with Crippen LogP contribution in [-0.4, -0.2) is 45.5 Å². The molecule has 3 heterocycles. The Morgan fingerprint density at radius 1 is 0.920 bits per heavy atom. The van der Waals surface area contributed by atoms with Crippen LogP contribution in [-0.2, 0) is 19.3 Å². The molecule has 2 aromatic rings. The highest BCUT2D eigenvalue weighted by Gasteiger charge is 2.24. The third-order valence-corrected chi connectivity index (χ3v) is 5.93. The maximum absolute atomic E-state index is 4.84. The third kappa shape index (κ3) is 3.47. The summed E-state index contributed by atoms with van der Waals surface area (Å²) >= 11 is 1.53. The smallest absolute Gasteiger partial charge is 0.205 e. The average molecular weight is 359 g/mol. The summed E-state index contributed by atoms with van der Waals surface area (Å²) in [6.07, 6.45) is 6.78. The maximum Gasteiger partial charge on any atom is 0.205 e. The summed E-state index contributed by atoms with van der Waals surface area (Å²) in [7, 11) is 0. The summed E-state index contributed by atoms with van der Waals surface area (Å²) in [6.45, 7) is 8.20. The average Bonchev–Trinajstić information content (AvgIpc) is 2.98. The first-order chi connectivity index (χ1) is 12.2. The lowest BCUT2D eigenvalue weighted by molar-refractivity contribution is 0.650. The molecule has 2 aliphatic rings. The molecular formula is C18H26N6S. The van der Waals surface area contributed by atoms with E-state index in [4.69, 9.17) is 9.97 Å². The number of anilines is 2. The molecule has 1 fully saturated rings. The van der Waals surface area contributed by atoms with Gasteiger partial charge in [0.15, 0.2) is 0 Å². The van der Waals surface area contributed by atoms with Crippen molar-refractivity contribution in [2.24, 2.45) is 0 Å². The number of nitrogens with zero attached hydrogens (tertiary/aromatic N) is 6. The first-order valence-corrected chi connectivity index (χ1v) is 10.2. The van der Waals surface area contributed by atoms with E-state index in [-0.39, 0.29) is 0 Å². The summed E-state index contributed by atoms with van der Waals surface area (Å²) in [4.78, 5) is 19.1. The van der Waals surface area contributed by atoms with Crippen molar-refractivity contribution in [2.45, 2.75) is 52.4 Å². The van der Waals surface area contributed by atoms with Crippen molar-refractivity contribution in [3.63, 3.8) is 0 Å². The highest BCUT2D eigenvalue weighted by Crippen LogP contribution is 2.29. The molecule has 134 valence electrons. The number of aryl methyl sites for hydroxylation is 3. The van der Waals surface area contributed by atoms with Crippen molar-refractivity contribution >= 4 is 22.5 Å². The number of hydrogen-bond acceptors (Lipinski definition) is 7. The Morgan fingerprint density at radius 3 is 2.56 bits per heavy atom. The molecule has 25 heavy (non-hydrogen) atoms. The molecule has 0 saturated carbocycles. The highest BCUT2D eigenvalue weighted by atomic mass is 32.1. The summed E-state index contributed by atoms with van der Waals surface area (Å²) in [6, 6.07) is 0. The number of rotatable bonds is 3. The van der Waals surface area contributed by atoms with E-state index in [0.29, 0.717) is 0 Å². The van der Waals surface area contributed by atoms with Gasteiger partial charge in [0.25, 0.3) is 0 Å². The first kappa shape index (κ1) is 16.7. The Bertz CT molecular complexity index is 743. The van der Waals surface area contributed by atoms with Crippen LogP contribution in [0, 0.1) is 6.92 Å². The predicted molar refractivity (Wildman–Crippen MR) is 102 cm³/mol. The highest BCUT2D eigenvalue weighted by molar-refractivity contribution is 7.09. The molecule has 2 aromatic heterocycles. The predicted octanol–water partition coefficient (Wildman–Crippen LogP) is 2.79. The lowest BCUT2D eigenvalue weighted by atomic mass is 9.96. The standard InChI is InChI=1S/C18H26N6S/c1-3-16-21-18(25-22-16)24-10-6-9-23(11-12-24)17-14-7-4-5-8-15(14)19-13(2)20-17/h3-12H2,1-2H3. The summed E-state index contributed by atoms with van der Waals surface area (Å²) < 4.78 is 4.44. The van der Waals surface area contributed by atoms with Crippen LogP contribution in [0.15, 0.2) is 0 Å². The van der Waals surface area contributed by atoms with Crippen LogP contribution in [0.1, 0.15) is 49.1 Å². The van der Waals surface area contributed by atoms with E-state index >= 15 is 0 Å². The topological polar surface area (TPSA) is 58.0 Å². The van der Waals surface area contributed by atoms with Gasteiger partial charge in [-0.3, -0.25) is 0 Å². The number of hydrogen-bond donors (Lipinski definition) is 0. The normalized spacial score (nSPS) is 18.2. The molecule has 0 unspecified atom stereocenters. The lowest BCUT2D eigenvalue weighted by Gasteiger charge is -2.27. The maximum atomic E-state index is 4.84. The van der Waals surface area contributed by atoms with E-state index in [0.717, 1.165) is 68.6 Å². The molecule has 0 N–H and O–H groups in total. The zero-order valence-electron chi connectivity index (χ0n) is 15.2. The molecular weight excluding hydrogens is 332 g/mol. The lowest BCUT2D eigenvalue weighted by Crippen LogP contribution is -2.32. The molecule has 0 bridgehead atoms. The van der Waals surface area contributed by atoms with E-state index in [9.17, 15) is 0 Å². The molecule has 0 aromatic carbocycles. The Hall–Kier alpha value is -1.76. The van der Waals surface area contributed by atoms with E-state index in [2.05, 4.69) is 26.1 Å². The molecule has 1 aliphatic carbocycles. The third-order valence-electron chi connectivity index (χ3n) is 5.11. The van der Waals surface area contributed by atoms with Crippen molar-refractivity contribution in [3.05, 3.63) is 22.9 Å². The van der Waals surface area contributed by atoms with Crippen LogP contribution < -0.4 is 9.80 Å². The molecule has 1 saturated heterocycles. The van der Waals surface area contributed by atoms with Gasteiger partial charge in [-0.2, -0.15) is 4.37 Å². The minimum absolute atomic E-state index is 0.906. The van der Waals surface area contributed by atoms with Crippen LogP contribution in [0.2, 0.25) is 0 Å². The molecule has 7 heteroatoms. The fourth-order valence-corrected chi connectivity index (χ4v) is 4.59. The Kier molecular flexibility index (Phi) is 4.83. The molecule has 0 atom stereocenters. The molecule has 4 rings (SSSR count). The van der Waals surface area contributed by atoms with Gasteiger partial charge in [0, 0.05) is 55.4 Å². The minimum Gasteiger partial charge on any atom is -0.354 e. The van der Waals surface area contributed by atoms with Gasteiger partial charge in [0.2, 0.25) is 5.13 Å². The van der Waals surface area contributed by atoms with Gasteiger partial charge in [-0.25, -0.2) is 15.0 Å². The van der Waals surface area contributed by atoms with Crippen molar-refractivity contribution < 1.29 is 0 Å². The molecule has 0 radical (unpaired) electrons. The van der Waals surface area contributed by atoms with Crippen molar-refractivity contribution in [1.82, 2.24) is 19.3 Å². The van der Waals surface area contributed by atoms with Gasteiger partial charge in [-0.05, 0) is 39.0 Å². The molecule has 0 spiro atoms. The Labute approximate surface area is 153 Å². The second-order valence-corrected chi connectivity index (χ2v) is 7.63. The van der Waals surface area contributed by atoms with Gasteiger partial charge in [-0.15, -0.1) is 0 Å². The van der Waals surface area contributed by atoms with Crippen molar-refractivity contribution in [3.8, 4) is 0 Å². The van der Waals surface area contributed by atoms with Gasteiger partial charge in [0.05, 0.1) is 0 Å². The van der Waals surface area contributed by atoms with E-state index < -0.39 is 0 Å². The number of aromatic nitrogens is 4. The van der Waals surface area contributed by atoms with Crippen LogP contribution in [0.4, 0.5) is 10.9 Å². The van der Waals surface area contributed by atoms with Crippen LogP contribution in [0.25, 0.3) is 0 Å². The second kappa shape index (κ2) is 7.23. The zero-order valence-corrected chi connectivity index (χ0v) is 16.0. The van der Waals surface area contributed by atoms with Crippen molar-refractivity contribution in [2.75, 3.05) is 36.0 Å². The number of fused-ring (bicyclic) bond motifs is 1. The Balaban J connectivity index is 1.54. The largest absolute Gasteiger partial charge is 0.354 e. The quantitative estimate of drug-likeness (QED) is 0.841. The van der Waals surface area contributed by atoms with E-state index in [1.165, 1.54) is 41.4 Å². The van der Waals surface area contributed by atoms with E-state index in [1.54, 1.807) is 0 Å². The zero-order chi connectivity index (χ0) is 17.2. The van der Waals surface area contributed by atoms with Gasteiger partial charge in [0.1, 0.15) is 17.5 Å².